The van der Waals surface area contributed by atoms with E-state index in [1.807, 2.05) is 0 Å². The Hall–Kier alpha value is -1.10. The first-order valence-electron chi connectivity index (χ1n) is 2.56. The number of hydrogen-bond donors (Lipinski definition) is 1. The Kier molecular flexibility index (Phi) is 4.23. The molecule has 0 aliphatic heterocycles. The summed E-state index contributed by atoms with van der Waals surface area (Å²) in [5, 5.41) is 11.3. The number of hydrogen-bond acceptors (Lipinski definition) is 4. The van der Waals surface area contributed by atoms with Gasteiger partial charge in [0.15, 0.2) is 0 Å². The van der Waals surface area contributed by atoms with Crippen LogP contribution in [0.4, 0.5) is 0 Å². The lowest BCUT2D eigenvalue weighted by Crippen LogP contribution is -2.26. The molecule has 0 radical (unpaired) electrons. The average molecular weight is 147 g/mol. The standard InChI is InChI=1S/C5H9NO4/c1-6-10-4(3-9-2)5(7)8/h4H,1,3H2,2H3,(H,7,8). The van der Waals surface area contributed by atoms with Gasteiger partial charge < -0.3 is 14.7 Å². The monoisotopic (exact) mass is 147 g/mol. The maximum atomic E-state index is 10.2. The molecule has 0 saturated carbocycles. The van der Waals surface area contributed by atoms with Crippen LogP contribution in [0.15, 0.2) is 5.16 Å². The summed E-state index contributed by atoms with van der Waals surface area (Å²) in [4.78, 5) is 14.5. The zero-order chi connectivity index (χ0) is 7.98. The Bertz CT molecular complexity index is 125. The van der Waals surface area contributed by atoms with Crippen molar-refractivity contribution in [2.75, 3.05) is 13.7 Å². The summed E-state index contributed by atoms with van der Waals surface area (Å²) in [7, 11) is 1.38. The van der Waals surface area contributed by atoms with Crippen molar-refractivity contribution in [3.63, 3.8) is 0 Å². The summed E-state index contributed by atoms with van der Waals surface area (Å²) in [6.45, 7) is 2.94. The number of aliphatic carboxylic acids is 1. The van der Waals surface area contributed by atoms with Gasteiger partial charge >= 0.3 is 5.97 Å². The van der Waals surface area contributed by atoms with Gasteiger partial charge in [-0.05, 0) is 0 Å². The van der Waals surface area contributed by atoms with E-state index in [4.69, 9.17) is 5.11 Å². The van der Waals surface area contributed by atoms with E-state index in [0.717, 1.165) is 0 Å². The minimum atomic E-state index is -1.12. The highest BCUT2D eigenvalue weighted by Gasteiger charge is 2.17. The van der Waals surface area contributed by atoms with Crippen LogP contribution >= 0.6 is 0 Å². The van der Waals surface area contributed by atoms with Crippen molar-refractivity contribution in [2.45, 2.75) is 6.10 Å². The Morgan fingerprint density at radius 3 is 2.80 bits per heavy atom. The molecule has 1 unspecified atom stereocenters. The van der Waals surface area contributed by atoms with E-state index in [1.165, 1.54) is 7.11 Å². The summed E-state index contributed by atoms with van der Waals surface area (Å²) >= 11 is 0. The molecule has 0 heterocycles. The fraction of sp³-hybridized carbons (Fsp3) is 0.600. The van der Waals surface area contributed by atoms with Gasteiger partial charge in [0.1, 0.15) is 0 Å². The molecule has 5 nitrogen and oxygen atoms in total. The topological polar surface area (TPSA) is 68.1 Å². The van der Waals surface area contributed by atoms with Crippen LogP contribution < -0.4 is 0 Å². The number of nitrogens with zero attached hydrogens (tertiary/aromatic N) is 1. The second-order valence-corrected chi connectivity index (χ2v) is 1.52. The van der Waals surface area contributed by atoms with Crippen molar-refractivity contribution in [3.8, 4) is 0 Å². The summed E-state index contributed by atoms with van der Waals surface area (Å²) < 4.78 is 4.52. The molecule has 0 spiro atoms. The Morgan fingerprint density at radius 2 is 2.50 bits per heavy atom. The Labute approximate surface area is 58.2 Å². The molecule has 0 bridgehead atoms. The lowest BCUT2D eigenvalue weighted by Gasteiger charge is -2.07. The van der Waals surface area contributed by atoms with Crippen LogP contribution in [-0.2, 0) is 14.4 Å². The highest BCUT2D eigenvalue weighted by molar-refractivity contribution is 5.72. The quantitative estimate of drug-likeness (QED) is 0.429. The van der Waals surface area contributed by atoms with Gasteiger partial charge in [0, 0.05) is 13.8 Å². The molecule has 58 valence electrons. The molecule has 0 aromatic rings. The van der Waals surface area contributed by atoms with E-state index in [9.17, 15) is 4.79 Å². The van der Waals surface area contributed by atoms with E-state index in [0.29, 0.717) is 0 Å². The van der Waals surface area contributed by atoms with Gasteiger partial charge in [-0.1, -0.05) is 0 Å². The van der Waals surface area contributed by atoms with Crippen LogP contribution in [0.3, 0.4) is 0 Å². The molecule has 0 rings (SSSR count). The third-order valence-corrected chi connectivity index (χ3v) is 0.795. The second kappa shape index (κ2) is 4.75. The SMILES string of the molecule is C=NOC(COC)C(=O)O. The predicted molar refractivity (Wildman–Crippen MR) is 33.9 cm³/mol. The highest BCUT2D eigenvalue weighted by Crippen LogP contribution is 1.92. The van der Waals surface area contributed by atoms with Crippen molar-refractivity contribution in [2.24, 2.45) is 5.16 Å². The van der Waals surface area contributed by atoms with Gasteiger partial charge in [0.2, 0.25) is 6.10 Å². The molecule has 0 aliphatic rings. The first-order valence-corrected chi connectivity index (χ1v) is 2.56. The number of methoxy groups -OCH3 is 1. The molecule has 0 saturated heterocycles. The molecular formula is C5H9NO4. The molecule has 0 amide bonds. The first kappa shape index (κ1) is 8.90. The Balaban J connectivity index is 3.71. The minimum absolute atomic E-state index is 0.0334. The van der Waals surface area contributed by atoms with Crippen LogP contribution in [0, 0.1) is 0 Å². The molecule has 0 aliphatic carbocycles. The number of rotatable bonds is 5. The van der Waals surface area contributed by atoms with Crippen LogP contribution in [0.25, 0.3) is 0 Å². The van der Waals surface area contributed by atoms with Crippen LogP contribution in [0.2, 0.25) is 0 Å². The molecule has 0 aromatic carbocycles. The summed E-state index contributed by atoms with van der Waals surface area (Å²) in [5.41, 5.74) is 0. The maximum Gasteiger partial charge on any atom is 0.350 e. The smallest absolute Gasteiger partial charge is 0.350 e. The average Bonchev–Trinajstić information content (AvgIpc) is 1.87. The molecule has 1 atom stereocenters. The molecule has 10 heavy (non-hydrogen) atoms. The fourth-order valence-electron chi connectivity index (χ4n) is 0.388. The molecular weight excluding hydrogens is 138 g/mol. The largest absolute Gasteiger partial charge is 0.478 e. The van der Waals surface area contributed by atoms with Gasteiger partial charge in [-0.25, -0.2) is 4.79 Å². The van der Waals surface area contributed by atoms with Crippen LogP contribution in [0.1, 0.15) is 0 Å². The number of carbonyl (C=O) groups is 1. The van der Waals surface area contributed by atoms with Crippen molar-refractivity contribution < 1.29 is 19.5 Å². The van der Waals surface area contributed by atoms with E-state index < -0.39 is 12.1 Å². The van der Waals surface area contributed by atoms with Crippen molar-refractivity contribution in [1.82, 2.24) is 0 Å². The van der Waals surface area contributed by atoms with Gasteiger partial charge in [-0.2, -0.15) is 0 Å². The molecule has 5 heteroatoms. The fourth-order valence-corrected chi connectivity index (χ4v) is 0.388. The van der Waals surface area contributed by atoms with Gasteiger partial charge in [0.05, 0.1) is 6.61 Å². The zero-order valence-corrected chi connectivity index (χ0v) is 5.61. The van der Waals surface area contributed by atoms with E-state index in [2.05, 4.69) is 21.4 Å². The minimum Gasteiger partial charge on any atom is -0.478 e. The lowest BCUT2D eigenvalue weighted by atomic mass is 10.4. The first-order chi connectivity index (χ1) is 4.72. The van der Waals surface area contributed by atoms with Crippen molar-refractivity contribution in [3.05, 3.63) is 0 Å². The normalized spacial score (nSPS) is 12.1. The van der Waals surface area contributed by atoms with Crippen LogP contribution in [0.5, 0.6) is 0 Å². The lowest BCUT2D eigenvalue weighted by molar-refractivity contribution is -0.153. The van der Waals surface area contributed by atoms with Gasteiger partial charge in [0.25, 0.3) is 0 Å². The number of ether oxygens (including phenoxy) is 1. The zero-order valence-electron chi connectivity index (χ0n) is 5.61. The number of carboxylic acids is 1. The van der Waals surface area contributed by atoms with E-state index >= 15 is 0 Å². The summed E-state index contributed by atoms with van der Waals surface area (Å²) in [6, 6.07) is 0. The van der Waals surface area contributed by atoms with Gasteiger partial charge in [-0.15, -0.1) is 5.16 Å². The van der Waals surface area contributed by atoms with Gasteiger partial charge in [-0.3, -0.25) is 0 Å². The van der Waals surface area contributed by atoms with E-state index in [1.54, 1.807) is 0 Å². The Morgan fingerprint density at radius 1 is 1.90 bits per heavy atom. The third kappa shape index (κ3) is 3.03. The van der Waals surface area contributed by atoms with Crippen molar-refractivity contribution in [1.29, 1.82) is 0 Å². The molecule has 0 aromatic heterocycles. The molecule has 1 N–H and O–H groups in total. The maximum absolute atomic E-state index is 10.2. The molecule has 0 fully saturated rings. The highest BCUT2D eigenvalue weighted by atomic mass is 16.7. The van der Waals surface area contributed by atoms with Crippen molar-refractivity contribution >= 4 is 12.7 Å². The third-order valence-electron chi connectivity index (χ3n) is 0.795. The van der Waals surface area contributed by atoms with E-state index in [-0.39, 0.29) is 6.61 Å². The predicted octanol–water partition coefficient (Wildman–Crippen LogP) is -0.282. The summed E-state index contributed by atoms with van der Waals surface area (Å²) in [6.07, 6.45) is -1.05. The second-order valence-electron chi connectivity index (χ2n) is 1.52. The number of carboxylic acid groups (broad SMARTS) is 1. The number of oxime groups is 1. The van der Waals surface area contributed by atoms with Crippen LogP contribution in [-0.4, -0.2) is 37.6 Å². The summed E-state index contributed by atoms with van der Waals surface area (Å²) in [5.74, 6) is -1.12.